The fourth-order valence-corrected chi connectivity index (χ4v) is 4.04. The Morgan fingerprint density at radius 3 is 2.55 bits per heavy atom. The Bertz CT molecular complexity index is 856. The van der Waals surface area contributed by atoms with E-state index in [1.807, 2.05) is 50.2 Å². The second-order valence-electron chi connectivity index (χ2n) is 9.52. The summed E-state index contributed by atoms with van der Waals surface area (Å²) < 4.78 is 5.56. The molecule has 2 aromatic rings. The van der Waals surface area contributed by atoms with Gasteiger partial charge in [-0.05, 0) is 70.7 Å². The van der Waals surface area contributed by atoms with Gasteiger partial charge in [-0.15, -0.1) is 0 Å². The first-order valence-electron chi connectivity index (χ1n) is 11.3. The predicted octanol–water partition coefficient (Wildman–Crippen LogP) is 4.54. The zero-order chi connectivity index (χ0) is 22.4. The van der Waals surface area contributed by atoms with Gasteiger partial charge in [0.2, 0.25) is 0 Å². The molecule has 6 heteroatoms. The van der Waals surface area contributed by atoms with Crippen molar-refractivity contribution in [2.24, 2.45) is 0 Å². The van der Waals surface area contributed by atoms with Crippen molar-refractivity contribution < 1.29 is 9.53 Å². The Labute approximate surface area is 186 Å². The van der Waals surface area contributed by atoms with Crippen LogP contribution in [-0.2, 0) is 17.7 Å². The number of aryl methyl sites for hydroxylation is 2. The first-order chi connectivity index (χ1) is 14.7. The van der Waals surface area contributed by atoms with Crippen LogP contribution in [0.2, 0.25) is 0 Å². The van der Waals surface area contributed by atoms with E-state index in [0.29, 0.717) is 6.04 Å². The Morgan fingerprint density at radius 1 is 1.19 bits per heavy atom. The minimum Gasteiger partial charge on any atom is -0.444 e. The molecule has 1 fully saturated rings. The maximum absolute atomic E-state index is 12.4. The van der Waals surface area contributed by atoms with Gasteiger partial charge in [0.05, 0.1) is 5.69 Å². The zero-order valence-electron chi connectivity index (χ0n) is 19.6. The molecule has 31 heavy (non-hydrogen) atoms. The number of hydrogen-bond acceptors (Lipinski definition) is 5. The monoisotopic (exact) mass is 424 g/mol. The number of ether oxygens (including phenoxy) is 1. The van der Waals surface area contributed by atoms with Crippen LogP contribution in [0.15, 0.2) is 36.7 Å². The van der Waals surface area contributed by atoms with Crippen molar-refractivity contribution in [1.29, 1.82) is 0 Å². The van der Waals surface area contributed by atoms with E-state index < -0.39 is 5.60 Å². The third kappa shape index (κ3) is 7.03. The van der Waals surface area contributed by atoms with Gasteiger partial charge in [-0.3, -0.25) is 14.9 Å². The van der Waals surface area contributed by atoms with Crippen molar-refractivity contribution in [2.75, 3.05) is 19.6 Å². The van der Waals surface area contributed by atoms with Crippen LogP contribution in [0.3, 0.4) is 0 Å². The lowest BCUT2D eigenvalue weighted by molar-refractivity contribution is 0.0137. The first-order valence-corrected chi connectivity index (χ1v) is 11.3. The van der Waals surface area contributed by atoms with Gasteiger partial charge in [-0.1, -0.05) is 12.1 Å². The van der Waals surface area contributed by atoms with E-state index in [0.717, 1.165) is 56.8 Å². The summed E-state index contributed by atoms with van der Waals surface area (Å²) in [5.74, 6) is 0. The smallest absolute Gasteiger partial charge is 0.410 e. The molecular formula is C25H36N4O2. The van der Waals surface area contributed by atoms with Crippen LogP contribution in [0.5, 0.6) is 0 Å². The van der Waals surface area contributed by atoms with E-state index in [2.05, 4.69) is 35.9 Å². The van der Waals surface area contributed by atoms with E-state index in [-0.39, 0.29) is 6.09 Å². The number of hydrogen-bond donors (Lipinski definition) is 0. The Morgan fingerprint density at radius 2 is 1.94 bits per heavy atom. The molecule has 0 aromatic carbocycles. The molecule has 3 heterocycles. The van der Waals surface area contributed by atoms with Crippen LogP contribution in [0, 0.1) is 13.8 Å². The van der Waals surface area contributed by atoms with Crippen molar-refractivity contribution in [3.8, 4) is 0 Å². The molecule has 0 unspecified atom stereocenters. The lowest BCUT2D eigenvalue weighted by Crippen LogP contribution is -2.48. The number of aromatic nitrogens is 2. The highest BCUT2D eigenvalue weighted by Gasteiger charge is 2.30. The van der Waals surface area contributed by atoms with Gasteiger partial charge in [0.1, 0.15) is 5.60 Å². The molecule has 2 aromatic heterocycles. The first kappa shape index (κ1) is 23.2. The summed E-state index contributed by atoms with van der Waals surface area (Å²) in [6, 6.07) is 8.68. The van der Waals surface area contributed by atoms with Crippen molar-refractivity contribution in [2.45, 2.75) is 72.1 Å². The summed E-state index contributed by atoms with van der Waals surface area (Å²) in [4.78, 5) is 26.0. The summed E-state index contributed by atoms with van der Waals surface area (Å²) in [6.07, 6.45) is 6.37. The summed E-state index contributed by atoms with van der Waals surface area (Å²) in [5, 5.41) is 0. The maximum atomic E-state index is 12.4. The molecule has 6 nitrogen and oxygen atoms in total. The van der Waals surface area contributed by atoms with Crippen LogP contribution in [0.4, 0.5) is 4.79 Å². The molecule has 1 amide bonds. The van der Waals surface area contributed by atoms with Crippen LogP contribution >= 0.6 is 0 Å². The van der Waals surface area contributed by atoms with Gasteiger partial charge in [0, 0.05) is 56.7 Å². The minimum atomic E-state index is -0.461. The van der Waals surface area contributed by atoms with E-state index in [4.69, 9.17) is 9.72 Å². The fraction of sp³-hybridized carbons (Fsp3) is 0.560. The van der Waals surface area contributed by atoms with Crippen molar-refractivity contribution >= 4 is 6.09 Å². The van der Waals surface area contributed by atoms with Gasteiger partial charge < -0.3 is 9.64 Å². The summed E-state index contributed by atoms with van der Waals surface area (Å²) in [7, 11) is 0. The number of piperidine rings is 1. The number of carbonyl (C=O) groups excluding carboxylic acids is 1. The van der Waals surface area contributed by atoms with Crippen LogP contribution in [-0.4, -0.2) is 57.1 Å². The topological polar surface area (TPSA) is 58.6 Å². The normalized spacial score (nSPS) is 15.4. The molecular weight excluding hydrogens is 388 g/mol. The Balaban J connectivity index is 1.66. The molecule has 1 saturated heterocycles. The molecule has 1 aliphatic heterocycles. The highest BCUT2D eigenvalue weighted by molar-refractivity contribution is 5.68. The SMILES string of the molecule is Cc1cnc(CN(CCc2ccccn2)C2CCN(C(=O)OC(C)(C)C)CC2)c(C)c1. The van der Waals surface area contributed by atoms with E-state index >= 15 is 0 Å². The highest BCUT2D eigenvalue weighted by Crippen LogP contribution is 2.22. The number of likely N-dealkylation sites (tertiary alicyclic amines) is 1. The second-order valence-corrected chi connectivity index (χ2v) is 9.52. The van der Waals surface area contributed by atoms with E-state index in [1.54, 1.807) is 0 Å². The molecule has 0 saturated carbocycles. The number of nitrogens with zero attached hydrogens (tertiary/aromatic N) is 4. The van der Waals surface area contributed by atoms with Gasteiger partial charge >= 0.3 is 6.09 Å². The lowest BCUT2D eigenvalue weighted by Gasteiger charge is -2.39. The van der Waals surface area contributed by atoms with Crippen molar-refractivity contribution in [1.82, 2.24) is 19.8 Å². The quantitative estimate of drug-likeness (QED) is 0.681. The lowest BCUT2D eigenvalue weighted by atomic mass is 10.0. The molecule has 0 aliphatic carbocycles. The summed E-state index contributed by atoms with van der Waals surface area (Å²) in [6.45, 7) is 13.1. The second kappa shape index (κ2) is 10.2. The molecule has 0 spiro atoms. The molecule has 3 rings (SSSR count). The molecule has 0 bridgehead atoms. The predicted molar refractivity (Wildman–Crippen MR) is 123 cm³/mol. The number of rotatable bonds is 6. The fourth-order valence-electron chi connectivity index (χ4n) is 4.04. The molecule has 0 atom stereocenters. The average Bonchev–Trinajstić information content (AvgIpc) is 2.72. The molecule has 0 N–H and O–H groups in total. The zero-order valence-corrected chi connectivity index (χ0v) is 19.6. The van der Waals surface area contributed by atoms with Crippen molar-refractivity contribution in [3.63, 3.8) is 0 Å². The third-order valence-electron chi connectivity index (χ3n) is 5.69. The van der Waals surface area contributed by atoms with E-state index in [9.17, 15) is 4.79 Å². The highest BCUT2D eigenvalue weighted by atomic mass is 16.6. The number of carbonyl (C=O) groups is 1. The number of pyridine rings is 2. The van der Waals surface area contributed by atoms with Crippen LogP contribution in [0.25, 0.3) is 0 Å². The largest absolute Gasteiger partial charge is 0.444 e. The summed E-state index contributed by atoms with van der Waals surface area (Å²) in [5.41, 5.74) is 4.19. The Hall–Kier alpha value is -2.47. The van der Waals surface area contributed by atoms with Gasteiger partial charge in [-0.2, -0.15) is 0 Å². The third-order valence-corrected chi connectivity index (χ3v) is 5.69. The maximum Gasteiger partial charge on any atom is 0.410 e. The number of amides is 1. The average molecular weight is 425 g/mol. The van der Waals surface area contributed by atoms with Crippen LogP contribution < -0.4 is 0 Å². The van der Waals surface area contributed by atoms with Crippen molar-refractivity contribution in [3.05, 3.63) is 59.2 Å². The van der Waals surface area contributed by atoms with Gasteiger partial charge in [0.15, 0.2) is 0 Å². The van der Waals surface area contributed by atoms with Gasteiger partial charge in [0.25, 0.3) is 0 Å². The molecule has 1 aliphatic rings. The molecule has 168 valence electrons. The van der Waals surface area contributed by atoms with Crippen LogP contribution in [0.1, 0.15) is 56.1 Å². The standard InChI is InChI=1S/C25H36N4O2/c1-19-16-20(2)23(27-17-19)18-29(13-9-21-8-6-7-12-26-21)22-10-14-28(15-11-22)24(30)31-25(3,4)5/h6-8,12,16-17,22H,9-11,13-15,18H2,1-5H3. The van der Waals surface area contributed by atoms with Gasteiger partial charge in [-0.25, -0.2) is 4.79 Å². The summed E-state index contributed by atoms with van der Waals surface area (Å²) >= 11 is 0. The van der Waals surface area contributed by atoms with E-state index in [1.165, 1.54) is 11.1 Å². The Kier molecular flexibility index (Phi) is 7.65. The molecule has 0 radical (unpaired) electrons. The minimum absolute atomic E-state index is 0.206.